The first kappa shape index (κ1) is 14.6. The molecule has 0 unspecified atom stereocenters. The molecule has 23 heavy (non-hydrogen) atoms. The topological polar surface area (TPSA) is 98.1 Å². The Morgan fingerprint density at radius 2 is 1.91 bits per heavy atom. The molecule has 0 bridgehead atoms. The Kier molecular flexibility index (Phi) is 3.68. The van der Waals surface area contributed by atoms with Crippen LogP contribution in [0.15, 0.2) is 58.1 Å². The molecule has 1 aromatic heterocycles. The van der Waals surface area contributed by atoms with E-state index in [2.05, 4.69) is 5.16 Å². The molecule has 1 heterocycles. The fourth-order valence-electron chi connectivity index (χ4n) is 2.25. The Labute approximate surface area is 130 Å². The van der Waals surface area contributed by atoms with Gasteiger partial charge in [0.1, 0.15) is 22.5 Å². The van der Waals surface area contributed by atoms with Crippen LogP contribution < -0.4 is 10.1 Å². The van der Waals surface area contributed by atoms with Gasteiger partial charge in [-0.05, 0) is 30.3 Å². The highest BCUT2D eigenvalue weighted by Crippen LogP contribution is 2.26. The lowest BCUT2D eigenvalue weighted by molar-refractivity contribution is -0.384. The Balaban J connectivity index is 2.20. The molecule has 0 aliphatic rings. The van der Waals surface area contributed by atoms with Crippen molar-refractivity contribution in [3.8, 4) is 17.1 Å². The SMILES string of the molecule is COc1ccc(-c2cc(=NO)c3cc([N+](=O)[O-])ccc3o2)cc1. The number of benzene rings is 2. The molecule has 0 saturated heterocycles. The smallest absolute Gasteiger partial charge is 0.270 e. The molecule has 116 valence electrons. The normalized spacial score (nSPS) is 11.6. The summed E-state index contributed by atoms with van der Waals surface area (Å²) in [5.74, 6) is 1.18. The minimum Gasteiger partial charge on any atom is -0.497 e. The average Bonchev–Trinajstić information content (AvgIpc) is 2.60. The van der Waals surface area contributed by atoms with Gasteiger partial charge < -0.3 is 14.4 Å². The maximum Gasteiger partial charge on any atom is 0.270 e. The number of hydrogen-bond acceptors (Lipinski definition) is 6. The van der Waals surface area contributed by atoms with Crippen molar-refractivity contribution in [3.05, 3.63) is 64.0 Å². The van der Waals surface area contributed by atoms with Crippen LogP contribution in [-0.4, -0.2) is 17.2 Å². The zero-order chi connectivity index (χ0) is 16.4. The minimum absolute atomic E-state index is 0.102. The van der Waals surface area contributed by atoms with Crippen molar-refractivity contribution < 1.29 is 19.3 Å². The Morgan fingerprint density at radius 1 is 1.17 bits per heavy atom. The molecule has 0 saturated carbocycles. The van der Waals surface area contributed by atoms with E-state index in [1.807, 2.05) is 0 Å². The Bertz CT molecular complexity index is 945. The highest BCUT2D eigenvalue weighted by molar-refractivity contribution is 5.80. The number of rotatable bonds is 3. The number of hydrogen-bond donors (Lipinski definition) is 1. The maximum absolute atomic E-state index is 10.9. The predicted octanol–water partition coefficient (Wildman–Crippen LogP) is 3.31. The van der Waals surface area contributed by atoms with Gasteiger partial charge in [-0.2, -0.15) is 0 Å². The van der Waals surface area contributed by atoms with E-state index >= 15 is 0 Å². The predicted molar refractivity (Wildman–Crippen MR) is 82.2 cm³/mol. The molecule has 7 heteroatoms. The minimum atomic E-state index is -0.516. The first-order chi connectivity index (χ1) is 11.1. The largest absolute Gasteiger partial charge is 0.497 e. The highest BCUT2D eigenvalue weighted by Gasteiger charge is 2.11. The van der Waals surface area contributed by atoms with E-state index in [1.54, 1.807) is 31.4 Å². The van der Waals surface area contributed by atoms with Crippen LogP contribution in [0.5, 0.6) is 5.75 Å². The fraction of sp³-hybridized carbons (Fsp3) is 0.0625. The summed E-state index contributed by atoms with van der Waals surface area (Å²) in [5.41, 5.74) is 1.04. The molecular formula is C16H12N2O5. The lowest BCUT2D eigenvalue weighted by Gasteiger charge is -2.05. The fourth-order valence-corrected chi connectivity index (χ4v) is 2.25. The molecule has 0 fully saturated rings. The molecule has 2 aromatic carbocycles. The quantitative estimate of drug-likeness (QED) is 0.454. The van der Waals surface area contributed by atoms with Gasteiger partial charge in [-0.15, -0.1) is 0 Å². The molecule has 3 rings (SSSR count). The summed E-state index contributed by atoms with van der Waals surface area (Å²) in [6.07, 6.45) is 0. The lowest BCUT2D eigenvalue weighted by atomic mass is 10.1. The third kappa shape index (κ3) is 2.71. The first-order valence-corrected chi connectivity index (χ1v) is 6.67. The lowest BCUT2D eigenvalue weighted by Crippen LogP contribution is -2.04. The van der Waals surface area contributed by atoms with Crippen molar-refractivity contribution in [1.29, 1.82) is 0 Å². The van der Waals surface area contributed by atoms with Gasteiger partial charge >= 0.3 is 0 Å². The van der Waals surface area contributed by atoms with Gasteiger partial charge in [-0.1, -0.05) is 5.16 Å². The number of fused-ring (bicyclic) bond motifs is 1. The van der Waals surface area contributed by atoms with Crippen molar-refractivity contribution in [2.45, 2.75) is 0 Å². The molecular weight excluding hydrogens is 300 g/mol. The summed E-state index contributed by atoms with van der Waals surface area (Å²) < 4.78 is 10.9. The Hall–Kier alpha value is -3.35. The summed E-state index contributed by atoms with van der Waals surface area (Å²) in [4.78, 5) is 10.3. The van der Waals surface area contributed by atoms with E-state index in [9.17, 15) is 15.3 Å². The molecule has 1 N–H and O–H groups in total. The summed E-state index contributed by atoms with van der Waals surface area (Å²) in [5, 5.41) is 23.8. The van der Waals surface area contributed by atoms with E-state index < -0.39 is 4.92 Å². The monoisotopic (exact) mass is 312 g/mol. The zero-order valence-corrected chi connectivity index (χ0v) is 12.1. The van der Waals surface area contributed by atoms with Gasteiger partial charge in [0.15, 0.2) is 0 Å². The van der Waals surface area contributed by atoms with E-state index in [0.717, 1.165) is 5.56 Å². The van der Waals surface area contributed by atoms with Crippen molar-refractivity contribution in [2.24, 2.45) is 5.16 Å². The number of nitrogens with zero attached hydrogens (tertiary/aromatic N) is 2. The van der Waals surface area contributed by atoms with Crippen LogP contribution in [0.4, 0.5) is 5.69 Å². The van der Waals surface area contributed by atoms with Crippen LogP contribution in [-0.2, 0) is 0 Å². The van der Waals surface area contributed by atoms with Crippen molar-refractivity contribution in [3.63, 3.8) is 0 Å². The van der Waals surface area contributed by atoms with Crippen LogP contribution >= 0.6 is 0 Å². The van der Waals surface area contributed by atoms with E-state index in [1.165, 1.54) is 24.3 Å². The number of non-ortho nitro benzene ring substituents is 1. The Morgan fingerprint density at radius 3 is 2.52 bits per heavy atom. The molecule has 3 aromatic rings. The molecule has 0 aliphatic carbocycles. The van der Waals surface area contributed by atoms with Gasteiger partial charge in [-0.25, -0.2) is 0 Å². The number of methoxy groups -OCH3 is 1. The second-order valence-corrected chi connectivity index (χ2v) is 4.76. The third-order valence-corrected chi connectivity index (χ3v) is 3.42. The second-order valence-electron chi connectivity index (χ2n) is 4.76. The van der Waals surface area contributed by atoms with Crippen molar-refractivity contribution in [2.75, 3.05) is 7.11 Å². The highest BCUT2D eigenvalue weighted by atomic mass is 16.6. The summed E-state index contributed by atoms with van der Waals surface area (Å²) in [6.45, 7) is 0. The van der Waals surface area contributed by atoms with E-state index in [4.69, 9.17) is 9.15 Å². The van der Waals surface area contributed by atoms with Gasteiger partial charge in [0.25, 0.3) is 5.69 Å². The molecule has 0 aliphatic heterocycles. The van der Waals surface area contributed by atoms with Crippen LogP contribution in [0.2, 0.25) is 0 Å². The standard InChI is InChI=1S/C16H12N2O5/c1-22-12-5-2-10(3-6-12)16-9-14(17-19)13-8-11(18(20)21)4-7-15(13)23-16/h2-9,19H,1H3. The molecule has 0 radical (unpaired) electrons. The summed E-state index contributed by atoms with van der Waals surface area (Å²) in [6, 6.07) is 12.8. The van der Waals surface area contributed by atoms with Gasteiger partial charge in [-0.3, -0.25) is 10.1 Å². The average molecular weight is 312 g/mol. The maximum atomic E-state index is 10.9. The van der Waals surface area contributed by atoms with Crippen LogP contribution in [0, 0.1) is 10.1 Å². The molecule has 0 amide bonds. The van der Waals surface area contributed by atoms with Crippen molar-refractivity contribution >= 4 is 16.7 Å². The van der Waals surface area contributed by atoms with Crippen LogP contribution in [0.3, 0.4) is 0 Å². The third-order valence-electron chi connectivity index (χ3n) is 3.42. The van der Waals surface area contributed by atoms with Crippen LogP contribution in [0.1, 0.15) is 0 Å². The van der Waals surface area contributed by atoms with E-state index in [0.29, 0.717) is 22.5 Å². The van der Waals surface area contributed by atoms with Crippen LogP contribution in [0.25, 0.3) is 22.3 Å². The molecule has 0 spiro atoms. The number of nitro groups is 1. The van der Waals surface area contributed by atoms with Gasteiger partial charge in [0.05, 0.1) is 17.4 Å². The number of ether oxygens (including phenoxy) is 1. The molecule has 7 nitrogen and oxygen atoms in total. The summed E-state index contributed by atoms with van der Waals surface area (Å²) >= 11 is 0. The first-order valence-electron chi connectivity index (χ1n) is 6.67. The second kappa shape index (κ2) is 5.80. The number of nitro benzene ring substituents is 1. The van der Waals surface area contributed by atoms with Crippen molar-refractivity contribution in [1.82, 2.24) is 0 Å². The zero-order valence-electron chi connectivity index (χ0n) is 12.1. The molecule has 0 atom stereocenters. The van der Waals surface area contributed by atoms with Gasteiger partial charge in [0, 0.05) is 23.8 Å². The van der Waals surface area contributed by atoms with E-state index in [-0.39, 0.29) is 11.0 Å². The van der Waals surface area contributed by atoms with Gasteiger partial charge in [0.2, 0.25) is 0 Å². The summed E-state index contributed by atoms with van der Waals surface area (Å²) in [7, 11) is 1.57.